The van der Waals surface area contributed by atoms with Crippen LogP contribution in [0.15, 0.2) is 24.3 Å². The Balaban J connectivity index is 2.83. The van der Waals surface area contributed by atoms with Crippen molar-refractivity contribution < 1.29 is 14.3 Å². The molecule has 1 aromatic rings. The number of hydrogen-bond donors (Lipinski definition) is 1. The van der Waals surface area contributed by atoms with E-state index in [0.29, 0.717) is 17.6 Å². The summed E-state index contributed by atoms with van der Waals surface area (Å²) in [5.41, 5.74) is 0.494. The lowest BCUT2D eigenvalue weighted by Gasteiger charge is -2.27. The normalized spacial score (nSPS) is 12.9. The van der Waals surface area contributed by atoms with Crippen molar-refractivity contribution in [3.63, 3.8) is 0 Å². The molecule has 1 amide bonds. The molecule has 0 aliphatic carbocycles. The van der Waals surface area contributed by atoms with Crippen molar-refractivity contribution in [2.45, 2.75) is 23.9 Å². The maximum Gasteiger partial charge on any atom is 0.246 e. The molecule has 0 unspecified atom stereocenters. The van der Waals surface area contributed by atoms with Crippen molar-refractivity contribution >= 4 is 47.0 Å². The number of carbonyl (C=O) groups is 2. The predicted molar refractivity (Wildman–Crippen MR) is 79.5 cm³/mol. The molecular formula is C13H14Cl3NO3. The van der Waals surface area contributed by atoms with E-state index in [-0.39, 0.29) is 11.8 Å². The first-order valence-electron chi connectivity index (χ1n) is 5.83. The van der Waals surface area contributed by atoms with Crippen molar-refractivity contribution in [2.75, 3.05) is 0 Å². The summed E-state index contributed by atoms with van der Waals surface area (Å²) in [5.74, 6) is -0.201. The Morgan fingerprint density at radius 2 is 1.80 bits per heavy atom. The summed E-state index contributed by atoms with van der Waals surface area (Å²) in [5, 5.41) is 2.51. The van der Waals surface area contributed by atoms with Crippen LogP contribution in [0.1, 0.15) is 24.2 Å². The Morgan fingerprint density at radius 3 is 2.20 bits per heavy atom. The summed E-state index contributed by atoms with van der Waals surface area (Å²) in [4.78, 5) is 22.2. The molecule has 1 aromatic carbocycles. The number of hydrogen-bond acceptors (Lipinski definition) is 3. The van der Waals surface area contributed by atoms with Gasteiger partial charge in [0.05, 0.1) is 0 Å². The summed E-state index contributed by atoms with van der Waals surface area (Å²) in [7, 11) is 0. The number of halogens is 3. The molecule has 1 N–H and O–H groups in total. The van der Waals surface area contributed by atoms with Gasteiger partial charge in [0.1, 0.15) is 12.0 Å². The van der Waals surface area contributed by atoms with Crippen LogP contribution in [0, 0.1) is 5.92 Å². The van der Waals surface area contributed by atoms with Gasteiger partial charge in [0, 0.05) is 11.5 Å². The summed E-state index contributed by atoms with van der Waals surface area (Å²) in [6.45, 7) is 3.42. The van der Waals surface area contributed by atoms with Gasteiger partial charge >= 0.3 is 0 Å². The van der Waals surface area contributed by atoms with Gasteiger partial charge < -0.3 is 10.1 Å². The highest BCUT2D eigenvalue weighted by Gasteiger charge is 2.36. The van der Waals surface area contributed by atoms with Crippen LogP contribution in [-0.2, 0) is 4.79 Å². The van der Waals surface area contributed by atoms with Gasteiger partial charge in [-0.2, -0.15) is 0 Å². The van der Waals surface area contributed by atoms with Crippen molar-refractivity contribution in [1.82, 2.24) is 5.32 Å². The van der Waals surface area contributed by atoms with E-state index >= 15 is 0 Å². The first-order valence-corrected chi connectivity index (χ1v) is 6.96. The molecule has 0 radical (unpaired) electrons. The Kier molecular flexibility index (Phi) is 6.11. The molecule has 1 rings (SSSR count). The zero-order valence-corrected chi connectivity index (χ0v) is 13.2. The van der Waals surface area contributed by atoms with Crippen LogP contribution in [0.25, 0.3) is 0 Å². The molecule has 20 heavy (non-hydrogen) atoms. The van der Waals surface area contributed by atoms with Crippen LogP contribution in [0.5, 0.6) is 5.75 Å². The molecule has 7 heteroatoms. The lowest BCUT2D eigenvalue weighted by Crippen LogP contribution is -2.49. The maximum absolute atomic E-state index is 11.7. The molecule has 0 aliphatic heterocycles. The first kappa shape index (κ1) is 17.1. The number of aldehydes is 1. The van der Waals surface area contributed by atoms with E-state index in [1.807, 2.05) is 0 Å². The molecular weight excluding hydrogens is 325 g/mol. The highest BCUT2D eigenvalue weighted by atomic mass is 35.6. The number of ether oxygens (including phenoxy) is 1. The first-order chi connectivity index (χ1) is 9.24. The summed E-state index contributed by atoms with van der Waals surface area (Å²) >= 11 is 17.4. The predicted octanol–water partition coefficient (Wildman–Crippen LogP) is 3.35. The number of alkyl halides is 3. The number of nitrogens with one attached hydrogen (secondary N) is 1. The summed E-state index contributed by atoms with van der Waals surface area (Å²) in [6.07, 6.45) is -0.430. The molecule has 0 saturated carbocycles. The Labute approximate surface area is 132 Å². The van der Waals surface area contributed by atoms with Crippen LogP contribution in [0.3, 0.4) is 0 Å². The zero-order valence-electron chi connectivity index (χ0n) is 10.9. The van der Waals surface area contributed by atoms with Gasteiger partial charge in [0.2, 0.25) is 15.9 Å². The Hall–Kier alpha value is -0.970. The number of carbonyl (C=O) groups excluding carboxylic acids is 2. The molecule has 4 nitrogen and oxygen atoms in total. The van der Waals surface area contributed by atoms with E-state index in [2.05, 4.69) is 5.32 Å². The fourth-order valence-corrected chi connectivity index (χ4v) is 1.53. The molecule has 1 atom stereocenters. The van der Waals surface area contributed by atoms with Crippen LogP contribution < -0.4 is 10.1 Å². The van der Waals surface area contributed by atoms with E-state index in [4.69, 9.17) is 39.5 Å². The van der Waals surface area contributed by atoms with Crippen LogP contribution >= 0.6 is 34.8 Å². The fraction of sp³-hybridized carbons (Fsp3) is 0.385. The van der Waals surface area contributed by atoms with Crippen LogP contribution in [-0.4, -0.2) is 22.2 Å². The zero-order chi connectivity index (χ0) is 15.3. The lowest BCUT2D eigenvalue weighted by molar-refractivity contribution is -0.126. The molecule has 0 bridgehead atoms. The second-order valence-corrected chi connectivity index (χ2v) is 6.76. The van der Waals surface area contributed by atoms with Crippen LogP contribution in [0.4, 0.5) is 0 Å². The minimum Gasteiger partial charge on any atom is -0.466 e. The third kappa shape index (κ3) is 5.19. The second-order valence-electron chi connectivity index (χ2n) is 4.39. The van der Waals surface area contributed by atoms with E-state index in [1.54, 1.807) is 38.1 Å². The fourth-order valence-electron chi connectivity index (χ4n) is 1.24. The van der Waals surface area contributed by atoms with E-state index < -0.39 is 10.0 Å². The van der Waals surface area contributed by atoms with Crippen LogP contribution in [0.2, 0.25) is 0 Å². The standard InChI is InChI=1S/C13H14Cl3NO3/c1-8(2)11(19)17-12(13(14,15)16)20-10-5-3-9(7-18)4-6-10/h3-8,12H,1-2H3,(H,17,19)/t12-/m0/s1. The van der Waals surface area contributed by atoms with E-state index in [9.17, 15) is 9.59 Å². The molecule has 0 saturated heterocycles. The van der Waals surface area contributed by atoms with Gasteiger partial charge in [-0.15, -0.1) is 0 Å². The number of benzene rings is 1. The highest BCUT2D eigenvalue weighted by molar-refractivity contribution is 6.68. The monoisotopic (exact) mass is 337 g/mol. The Morgan fingerprint density at radius 1 is 1.25 bits per heavy atom. The minimum absolute atomic E-state index is 0.272. The maximum atomic E-state index is 11.7. The van der Waals surface area contributed by atoms with Crippen molar-refractivity contribution in [3.8, 4) is 5.75 Å². The van der Waals surface area contributed by atoms with Gasteiger partial charge in [-0.3, -0.25) is 9.59 Å². The third-order valence-corrected chi connectivity index (χ3v) is 2.96. The molecule has 0 spiro atoms. The van der Waals surface area contributed by atoms with Crippen molar-refractivity contribution in [3.05, 3.63) is 29.8 Å². The molecule has 0 fully saturated rings. The number of amides is 1. The van der Waals surface area contributed by atoms with Gasteiger partial charge in [-0.25, -0.2) is 0 Å². The number of rotatable bonds is 5. The highest BCUT2D eigenvalue weighted by Crippen LogP contribution is 2.32. The van der Waals surface area contributed by atoms with E-state index in [1.165, 1.54) is 0 Å². The van der Waals surface area contributed by atoms with Crippen molar-refractivity contribution in [2.24, 2.45) is 5.92 Å². The summed E-state index contributed by atoms with van der Waals surface area (Å²) in [6, 6.07) is 6.22. The second kappa shape index (κ2) is 7.16. The minimum atomic E-state index is -1.83. The van der Waals surface area contributed by atoms with Gasteiger partial charge in [-0.1, -0.05) is 48.7 Å². The average molecular weight is 339 g/mol. The topological polar surface area (TPSA) is 55.4 Å². The van der Waals surface area contributed by atoms with Gasteiger partial charge in [0.25, 0.3) is 0 Å². The van der Waals surface area contributed by atoms with E-state index in [0.717, 1.165) is 0 Å². The molecule has 0 heterocycles. The average Bonchev–Trinajstić information content (AvgIpc) is 2.37. The summed E-state index contributed by atoms with van der Waals surface area (Å²) < 4.78 is 3.63. The third-order valence-electron chi connectivity index (χ3n) is 2.37. The Bertz CT molecular complexity index is 469. The largest absolute Gasteiger partial charge is 0.466 e. The lowest BCUT2D eigenvalue weighted by atomic mass is 10.2. The van der Waals surface area contributed by atoms with Gasteiger partial charge in [-0.05, 0) is 24.3 Å². The quantitative estimate of drug-likeness (QED) is 0.509. The molecule has 0 aliphatic rings. The molecule has 110 valence electrons. The molecule has 0 aromatic heterocycles. The smallest absolute Gasteiger partial charge is 0.246 e. The van der Waals surface area contributed by atoms with Gasteiger partial charge in [0.15, 0.2) is 0 Å². The van der Waals surface area contributed by atoms with Crippen molar-refractivity contribution in [1.29, 1.82) is 0 Å². The SMILES string of the molecule is CC(C)C(=O)N[C@@H](Oc1ccc(C=O)cc1)C(Cl)(Cl)Cl.